The number of rotatable bonds is 4. The van der Waals surface area contributed by atoms with Crippen LogP contribution in [0.2, 0.25) is 0 Å². The van der Waals surface area contributed by atoms with E-state index in [1.165, 1.54) is 0 Å². The molecule has 0 unspecified atom stereocenters. The molecule has 0 aliphatic heterocycles. The molecule has 0 spiro atoms. The zero-order chi connectivity index (χ0) is 14.8. The number of hydrogen-bond donors (Lipinski definition) is 1. The summed E-state index contributed by atoms with van der Waals surface area (Å²) in [6.07, 6.45) is 0. The second-order valence-electron chi connectivity index (χ2n) is 5.07. The molecule has 0 aliphatic rings. The van der Waals surface area contributed by atoms with Gasteiger partial charge in [-0.05, 0) is 42.8 Å². The van der Waals surface area contributed by atoms with Crippen molar-refractivity contribution in [2.75, 3.05) is 13.7 Å². The van der Waals surface area contributed by atoms with Crippen molar-refractivity contribution < 1.29 is 9.84 Å². The number of nitrogens with zero attached hydrogens (tertiary/aromatic N) is 2. The third-order valence-corrected chi connectivity index (χ3v) is 3.63. The van der Waals surface area contributed by atoms with E-state index in [1.54, 1.807) is 13.2 Å². The number of aryl methyl sites for hydroxylation is 1. The maximum atomic E-state index is 9.69. The maximum absolute atomic E-state index is 9.69. The number of aromatic hydroxyl groups is 1. The molecule has 0 radical (unpaired) electrons. The van der Waals surface area contributed by atoms with Gasteiger partial charge in [0, 0.05) is 19.2 Å². The van der Waals surface area contributed by atoms with Crippen LogP contribution in [0.15, 0.2) is 42.5 Å². The SMILES string of the molecule is COCCn1c(-c2ccc(O)c(C)c2)nc2ccccc21. The van der Waals surface area contributed by atoms with Gasteiger partial charge in [-0.3, -0.25) is 0 Å². The summed E-state index contributed by atoms with van der Waals surface area (Å²) in [6, 6.07) is 13.6. The van der Waals surface area contributed by atoms with Gasteiger partial charge >= 0.3 is 0 Å². The summed E-state index contributed by atoms with van der Waals surface area (Å²) in [5.74, 6) is 1.20. The first-order valence-electron chi connectivity index (χ1n) is 6.95. The lowest BCUT2D eigenvalue weighted by atomic mass is 10.1. The van der Waals surface area contributed by atoms with Crippen LogP contribution in [0.5, 0.6) is 5.75 Å². The second-order valence-corrected chi connectivity index (χ2v) is 5.07. The van der Waals surface area contributed by atoms with Gasteiger partial charge < -0.3 is 14.4 Å². The molecule has 3 aromatic rings. The van der Waals surface area contributed by atoms with Gasteiger partial charge in [-0.2, -0.15) is 0 Å². The van der Waals surface area contributed by atoms with E-state index < -0.39 is 0 Å². The van der Waals surface area contributed by atoms with E-state index in [1.807, 2.05) is 37.3 Å². The first-order valence-corrected chi connectivity index (χ1v) is 6.95. The van der Waals surface area contributed by atoms with E-state index in [4.69, 9.17) is 9.72 Å². The Bertz CT molecular complexity index is 778. The van der Waals surface area contributed by atoms with Gasteiger partial charge in [-0.25, -0.2) is 4.98 Å². The molecular weight excluding hydrogens is 264 g/mol. The number of imidazole rings is 1. The number of para-hydroxylation sites is 2. The van der Waals surface area contributed by atoms with Crippen molar-refractivity contribution in [2.45, 2.75) is 13.5 Å². The molecule has 3 rings (SSSR count). The molecule has 1 N–H and O–H groups in total. The number of methoxy groups -OCH3 is 1. The molecule has 0 bridgehead atoms. The zero-order valence-corrected chi connectivity index (χ0v) is 12.2. The van der Waals surface area contributed by atoms with Crippen molar-refractivity contribution in [1.82, 2.24) is 9.55 Å². The van der Waals surface area contributed by atoms with Crippen LogP contribution in [-0.4, -0.2) is 28.4 Å². The van der Waals surface area contributed by atoms with Crippen LogP contribution in [-0.2, 0) is 11.3 Å². The molecular formula is C17H18N2O2. The lowest BCUT2D eigenvalue weighted by molar-refractivity contribution is 0.188. The first-order chi connectivity index (χ1) is 10.2. The predicted octanol–water partition coefficient (Wildman–Crippen LogP) is 3.36. The van der Waals surface area contributed by atoms with E-state index in [2.05, 4.69) is 10.6 Å². The Kier molecular flexibility index (Phi) is 3.62. The van der Waals surface area contributed by atoms with E-state index in [9.17, 15) is 5.11 Å². The summed E-state index contributed by atoms with van der Waals surface area (Å²) in [4.78, 5) is 4.73. The third-order valence-electron chi connectivity index (χ3n) is 3.63. The largest absolute Gasteiger partial charge is 0.508 e. The Labute approximate surface area is 123 Å². The molecule has 0 aliphatic carbocycles. The molecule has 1 heterocycles. The monoisotopic (exact) mass is 282 g/mol. The highest BCUT2D eigenvalue weighted by molar-refractivity contribution is 5.80. The smallest absolute Gasteiger partial charge is 0.141 e. The molecule has 108 valence electrons. The zero-order valence-electron chi connectivity index (χ0n) is 12.2. The average molecular weight is 282 g/mol. The highest BCUT2D eigenvalue weighted by Crippen LogP contribution is 2.28. The maximum Gasteiger partial charge on any atom is 0.141 e. The van der Waals surface area contributed by atoms with Crippen LogP contribution in [0.1, 0.15) is 5.56 Å². The summed E-state index contributed by atoms with van der Waals surface area (Å²) >= 11 is 0. The van der Waals surface area contributed by atoms with E-state index >= 15 is 0 Å². The van der Waals surface area contributed by atoms with Crippen molar-refractivity contribution in [3.63, 3.8) is 0 Å². The van der Waals surface area contributed by atoms with Gasteiger partial charge in [0.05, 0.1) is 17.6 Å². The minimum Gasteiger partial charge on any atom is -0.508 e. The third kappa shape index (κ3) is 2.50. The Morgan fingerprint density at radius 2 is 2.00 bits per heavy atom. The Morgan fingerprint density at radius 3 is 2.76 bits per heavy atom. The number of aromatic nitrogens is 2. The lowest BCUT2D eigenvalue weighted by Crippen LogP contribution is -2.06. The van der Waals surface area contributed by atoms with Crippen LogP contribution in [0.3, 0.4) is 0 Å². The second kappa shape index (κ2) is 5.58. The molecule has 0 saturated heterocycles. The number of phenolic OH excluding ortho intramolecular Hbond substituents is 1. The van der Waals surface area contributed by atoms with Gasteiger partial charge in [0.1, 0.15) is 11.6 Å². The fourth-order valence-electron chi connectivity index (χ4n) is 2.50. The summed E-state index contributed by atoms with van der Waals surface area (Å²) in [7, 11) is 1.70. The number of fused-ring (bicyclic) bond motifs is 1. The van der Waals surface area contributed by atoms with Gasteiger partial charge in [-0.15, -0.1) is 0 Å². The highest BCUT2D eigenvalue weighted by Gasteiger charge is 2.12. The van der Waals surface area contributed by atoms with Crippen LogP contribution in [0, 0.1) is 6.92 Å². The standard InChI is InChI=1S/C17H18N2O2/c1-12-11-13(7-8-16(12)20)17-18-14-5-3-4-6-15(14)19(17)9-10-21-2/h3-8,11,20H,9-10H2,1-2H3. The van der Waals surface area contributed by atoms with E-state index in [0.717, 1.165) is 34.5 Å². The Hall–Kier alpha value is -2.33. The number of benzene rings is 2. The quantitative estimate of drug-likeness (QED) is 0.798. The van der Waals surface area contributed by atoms with E-state index in [-0.39, 0.29) is 0 Å². The van der Waals surface area contributed by atoms with Gasteiger partial charge in [-0.1, -0.05) is 12.1 Å². The van der Waals surface area contributed by atoms with Gasteiger partial charge in [0.2, 0.25) is 0 Å². The average Bonchev–Trinajstić information content (AvgIpc) is 2.86. The lowest BCUT2D eigenvalue weighted by Gasteiger charge is -2.09. The van der Waals surface area contributed by atoms with Crippen LogP contribution < -0.4 is 0 Å². The molecule has 2 aromatic carbocycles. The summed E-state index contributed by atoms with van der Waals surface area (Å²) in [6.45, 7) is 3.26. The molecule has 0 fully saturated rings. The van der Waals surface area contributed by atoms with Crippen LogP contribution in [0.4, 0.5) is 0 Å². The number of ether oxygens (including phenoxy) is 1. The van der Waals surface area contributed by atoms with E-state index in [0.29, 0.717) is 12.4 Å². The highest BCUT2D eigenvalue weighted by atomic mass is 16.5. The van der Waals surface area contributed by atoms with Crippen LogP contribution >= 0.6 is 0 Å². The number of phenols is 1. The minimum atomic E-state index is 0.304. The molecule has 0 atom stereocenters. The first kappa shape index (κ1) is 13.6. The molecule has 21 heavy (non-hydrogen) atoms. The molecule has 0 amide bonds. The van der Waals surface area contributed by atoms with Crippen molar-refractivity contribution in [3.05, 3.63) is 48.0 Å². The van der Waals surface area contributed by atoms with Gasteiger partial charge in [0.25, 0.3) is 0 Å². The van der Waals surface area contributed by atoms with Crippen molar-refractivity contribution in [2.24, 2.45) is 0 Å². The molecule has 4 nitrogen and oxygen atoms in total. The van der Waals surface area contributed by atoms with Crippen LogP contribution in [0.25, 0.3) is 22.4 Å². The predicted molar refractivity (Wildman–Crippen MR) is 83.4 cm³/mol. The fourth-order valence-corrected chi connectivity index (χ4v) is 2.50. The summed E-state index contributed by atoms with van der Waals surface area (Å²) in [5, 5.41) is 9.69. The van der Waals surface area contributed by atoms with Crippen molar-refractivity contribution in [1.29, 1.82) is 0 Å². The molecule has 1 aromatic heterocycles. The number of hydrogen-bond acceptors (Lipinski definition) is 3. The normalized spacial score (nSPS) is 11.1. The molecule has 0 saturated carbocycles. The van der Waals surface area contributed by atoms with Crippen molar-refractivity contribution in [3.8, 4) is 17.1 Å². The topological polar surface area (TPSA) is 47.3 Å². The summed E-state index contributed by atoms with van der Waals surface area (Å²) in [5.41, 5.74) is 3.90. The fraction of sp³-hybridized carbons (Fsp3) is 0.235. The minimum absolute atomic E-state index is 0.304. The van der Waals surface area contributed by atoms with Crippen molar-refractivity contribution >= 4 is 11.0 Å². The molecule has 4 heteroatoms. The Morgan fingerprint density at radius 1 is 1.19 bits per heavy atom. The summed E-state index contributed by atoms with van der Waals surface area (Å²) < 4.78 is 7.37. The Balaban J connectivity index is 2.17. The van der Waals surface area contributed by atoms with Gasteiger partial charge in [0.15, 0.2) is 0 Å².